The highest BCUT2D eigenvalue weighted by Crippen LogP contribution is 2.14. The highest BCUT2D eigenvalue weighted by Gasteiger charge is 2.13. The van der Waals surface area contributed by atoms with E-state index in [-0.39, 0.29) is 5.76 Å². The maximum atomic E-state index is 10.8. The summed E-state index contributed by atoms with van der Waals surface area (Å²) in [4.78, 5) is 10.8. The van der Waals surface area contributed by atoms with Gasteiger partial charge in [-0.05, 0) is 32.4 Å². The van der Waals surface area contributed by atoms with Crippen LogP contribution in [0.3, 0.4) is 0 Å². The zero-order valence-corrected chi connectivity index (χ0v) is 12.1. The highest BCUT2D eigenvalue weighted by atomic mass is 16.5. The van der Waals surface area contributed by atoms with Crippen LogP contribution in [0.4, 0.5) is 0 Å². The molecule has 0 aliphatic heterocycles. The van der Waals surface area contributed by atoms with Crippen LogP contribution in [0, 0.1) is 6.92 Å². The van der Waals surface area contributed by atoms with Crippen LogP contribution in [0.25, 0.3) is 0 Å². The summed E-state index contributed by atoms with van der Waals surface area (Å²) in [6.07, 6.45) is 1.98. The average Bonchev–Trinajstić information content (AvgIpc) is 2.78. The molecule has 0 spiro atoms. The Morgan fingerprint density at radius 2 is 2.15 bits per heavy atom. The minimum absolute atomic E-state index is 0.0216. The zero-order valence-electron chi connectivity index (χ0n) is 12.1. The number of nitrogens with one attached hydrogen (secondary N) is 1. The summed E-state index contributed by atoms with van der Waals surface area (Å²) in [5, 5.41) is 12.1. The van der Waals surface area contributed by atoms with Crippen molar-refractivity contribution in [3.8, 4) is 0 Å². The van der Waals surface area contributed by atoms with E-state index < -0.39 is 5.97 Å². The van der Waals surface area contributed by atoms with Gasteiger partial charge < -0.3 is 24.3 Å². The molecule has 20 heavy (non-hydrogen) atoms. The molecule has 0 saturated heterocycles. The molecule has 0 radical (unpaired) electrons. The molecule has 114 valence electrons. The van der Waals surface area contributed by atoms with Crippen molar-refractivity contribution in [1.29, 1.82) is 0 Å². The first-order chi connectivity index (χ1) is 9.65. The van der Waals surface area contributed by atoms with Crippen molar-refractivity contribution in [2.45, 2.75) is 26.3 Å². The lowest BCUT2D eigenvalue weighted by atomic mass is 10.2. The van der Waals surface area contributed by atoms with E-state index in [0.29, 0.717) is 31.1 Å². The second kappa shape index (κ2) is 9.52. The molecule has 0 aliphatic carbocycles. The monoisotopic (exact) mass is 285 g/mol. The van der Waals surface area contributed by atoms with Crippen LogP contribution < -0.4 is 5.32 Å². The Hall–Kier alpha value is -1.37. The first-order valence-electron chi connectivity index (χ1n) is 6.75. The molecular weight excluding hydrogens is 262 g/mol. The minimum Gasteiger partial charge on any atom is -0.475 e. The number of carboxylic acids is 1. The van der Waals surface area contributed by atoms with Crippen LogP contribution in [-0.4, -0.2) is 44.6 Å². The van der Waals surface area contributed by atoms with E-state index in [1.807, 2.05) is 0 Å². The van der Waals surface area contributed by atoms with Gasteiger partial charge in [-0.3, -0.25) is 0 Å². The van der Waals surface area contributed by atoms with E-state index in [4.69, 9.17) is 19.0 Å². The van der Waals surface area contributed by atoms with E-state index in [1.165, 1.54) is 0 Å². The molecule has 0 fully saturated rings. The van der Waals surface area contributed by atoms with Crippen LogP contribution in [0.5, 0.6) is 0 Å². The number of ether oxygens (including phenoxy) is 2. The van der Waals surface area contributed by atoms with Gasteiger partial charge in [-0.2, -0.15) is 0 Å². The van der Waals surface area contributed by atoms with Crippen LogP contribution in [0.2, 0.25) is 0 Å². The summed E-state index contributed by atoms with van der Waals surface area (Å²) in [6, 6.07) is 1.75. The largest absolute Gasteiger partial charge is 0.475 e. The number of unbranched alkanes of at least 4 members (excludes halogenated alkanes) is 1. The van der Waals surface area contributed by atoms with Gasteiger partial charge in [0, 0.05) is 19.3 Å². The predicted octanol–water partition coefficient (Wildman–Crippen LogP) is 1.82. The number of hydrogen-bond donors (Lipinski definition) is 2. The molecular formula is C14H23NO5. The topological polar surface area (TPSA) is 80.9 Å². The Labute approximate surface area is 119 Å². The standard InChI is InChI=1S/C14H23NO5/c1-11-9-12(20-13(11)14(16)17)10-15-5-3-4-6-19-8-7-18-2/h9,15H,3-8,10H2,1-2H3,(H,16,17). The van der Waals surface area contributed by atoms with Gasteiger partial charge >= 0.3 is 5.97 Å². The van der Waals surface area contributed by atoms with Gasteiger partial charge in [0.1, 0.15) is 5.76 Å². The summed E-state index contributed by atoms with van der Waals surface area (Å²) in [5.41, 5.74) is 0.654. The van der Waals surface area contributed by atoms with Gasteiger partial charge in [0.2, 0.25) is 5.76 Å². The van der Waals surface area contributed by atoms with Crippen molar-refractivity contribution in [3.63, 3.8) is 0 Å². The number of hydrogen-bond acceptors (Lipinski definition) is 5. The summed E-state index contributed by atoms with van der Waals surface area (Å²) >= 11 is 0. The van der Waals surface area contributed by atoms with E-state index >= 15 is 0 Å². The summed E-state index contributed by atoms with van der Waals surface area (Å²) < 4.78 is 15.5. The maximum Gasteiger partial charge on any atom is 0.372 e. The number of aryl methyl sites for hydroxylation is 1. The van der Waals surface area contributed by atoms with Gasteiger partial charge in [0.15, 0.2) is 0 Å². The molecule has 1 aromatic heterocycles. The van der Waals surface area contributed by atoms with Crippen molar-refractivity contribution in [3.05, 3.63) is 23.2 Å². The van der Waals surface area contributed by atoms with Crippen LogP contribution in [0.1, 0.15) is 34.7 Å². The normalized spacial score (nSPS) is 10.9. The van der Waals surface area contributed by atoms with E-state index in [0.717, 1.165) is 26.0 Å². The number of aromatic carboxylic acids is 1. The quantitative estimate of drug-likeness (QED) is 0.604. The fraction of sp³-hybridized carbons (Fsp3) is 0.643. The molecule has 1 rings (SSSR count). The Morgan fingerprint density at radius 1 is 1.35 bits per heavy atom. The number of methoxy groups -OCH3 is 1. The summed E-state index contributed by atoms with van der Waals surface area (Å²) in [7, 11) is 1.65. The molecule has 2 N–H and O–H groups in total. The molecule has 6 heteroatoms. The van der Waals surface area contributed by atoms with Crippen molar-refractivity contribution in [2.75, 3.05) is 33.5 Å². The van der Waals surface area contributed by atoms with Crippen molar-refractivity contribution >= 4 is 5.97 Å². The molecule has 0 atom stereocenters. The average molecular weight is 285 g/mol. The number of carboxylic acid groups (broad SMARTS) is 1. The smallest absolute Gasteiger partial charge is 0.372 e. The fourth-order valence-electron chi connectivity index (χ4n) is 1.76. The first kappa shape index (κ1) is 16.7. The number of furan rings is 1. The lowest BCUT2D eigenvalue weighted by Gasteiger charge is -2.04. The molecule has 0 bridgehead atoms. The third-order valence-corrected chi connectivity index (χ3v) is 2.79. The molecule has 1 heterocycles. The number of carbonyl (C=O) groups is 1. The second-order valence-electron chi connectivity index (χ2n) is 4.52. The third-order valence-electron chi connectivity index (χ3n) is 2.79. The van der Waals surface area contributed by atoms with E-state index in [2.05, 4.69) is 5.32 Å². The Kier molecular flexibility index (Phi) is 7.94. The van der Waals surface area contributed by atoms with Gasteiger partial charge in [-0.1, -0.05) is 0 Å². The van der Waals surface area contributed by atoms with Crippen LogP contribution >= 0.6 is 0 Å². The van der Waals surface area contributed by atoms with Crippen LogP contribution in [0.15, 0.2) is 10.5 Å². The lowest BCUT2D eigenvalue weighted by Crippen LogP contribution is -2.15. The third kappa shape index (κ3) is 6.18. The zero-order chi connectivity index (χ0) is 14.8. The van der Waals surface area contributed by atoms with Gasteiger partial charge in [-0.25, -0.2) is 4.79 Å². The molecule has 1 aromatic rings. The molecule has 0 aromatic carbocycles. The maximum absolute atomic E-state index is 10.8. The minimum atomic E-state index is -1.03. The van der Waals surface area contributed by atoms with E-state index in [1.54, 1.807) is 20.1 Å². The lowest BCUT2D eigenvalue weighted by molar-refractivity contribution is 0.0658. The van der Waals surface area contributed by atoms with Gasteiger partial charge in [0.25, 0.3) is 0 Å². The molecule has 0 aliphatic rings. The number of rotatable bonds is 11. The van der Waals surface area contributed by atoms with Crippen molar-refractivity contribution in [1.82, 2.24) is 5.32 Å². The Balaban J connectivity index is 2.07. The van der Waals surface area contributed by atoms with Crippen molar-refractivity contribution < 1.29 is 23.8 Å². The van der Waals surface area contributed by atoms with Crippen LogP contribution in [-0.2, 0) is 16.0 Å². The fourth-order valence-corrected chi connectivity index (χ4v) is 1.76. The molecule has 0 amide bonds. The van der Waals surface area contributed by atoms with Gasteiger partial charge in [0.05, 0.1) is 19.8 Å². The van der Waals surface area contributed by atoms with Crippen molar-refractivity contribution in [2.24, 2.45) is 0 Å². The Bertz CT molecular complexity index is 402. The summed E-state index contributed by atoms with van der Waals surface area (Å²) in [6.45, 7) is 5.10. The second-order valence-corrected chi connectivity index (χ2v) is 4.52. The first-order valence-corrected chi connectivity index (χ1v) is 6.75. The van der Waals surface area contributed by atoms with Gasteiger partial charge in [-0.15, -0.1) is 0 Å². The molecule has 6 nitrogen and oxygen atoms in total. The van der Waals surface area contributed by atoms with E-state index in [9.17, 15) is 4.79 Å². The molecule has 0 saturated carbocycles. The highest BCUT2D eigenvalue weighted by molar-refractivity contribution is 5.86. The summed E-state index contributed by atoms with van der Waals surface area (Å²) in [5.74, 6) is -0.355. The Morgan fingerprint density at radius 3 is 2.80 bits per heavy atom. The predicted molar refractivity (Wildman–Crippen MR) is 74.0 cm³/mol. The SMILES string of the molecule is COCCOCCCCNCc1cc(C)c(C(=O)O)o1. The molecule has 0 unspecified atom stereocenters.